The molecule has 2 aromatic rings. The molecule has 0 saturated heterocycles. The summed E-state index contributed by atoms with van der Waals surface area (Å²) >= 11 is 3.16. The summed E-state index contributed by atoms with van der Waals surface area (Å²) in [6, 6.07) is 11.2. The van der Waals surface area contributed by atoms with Crippen molar-refractivity contribution in [2.75, 3.05) is 7.11 Å². The lowest BCUT2D eigenvalue weighted by atomic mass is 10.2. The first-order valence-electron chi connectivity index (χ1n) is 5.77. The fourth-order valence-electron chi connectivity index (χ4n) is 1.82. The highest BCUT2D eigenvalue weighted by Crippen LogP contribution is 2.29. The first-order valence-corrected chi connectivity index (χ1v) is 8.22. The number of hydrogen-bond acceptors (Lipinski definition) is 4. The summed E-state index contributed by atoms with van der Waals surface area (Å²) in [4.78, 5) is 0.143. The van der Waals surface area contributed by atoms with E-state index >= 15 is 0 Å². The number of halogens is 1. The molecule has 0 aliphatic heterocycles. The van der Waals surface area contributed by atoms with Gasteiger partial charge in [-0.15, -0.1) is 0 Å². The van der Waals surface area contributed by atoms with Crippen molar-refractivity contribution in [1.29, 1.82) is 0 Å². The molecular weight excluding hydrogens is 344 g/mol. The Balaban J connectivity index is 2.38. The lowest BCUT2D eigenvalue weighted by molar-refractivity contribution is 0.402. The second-order valence-electron chi connectivity index (χ2n) is 4.20. The molecule has 20 heavy (non-hydrogen) atoms. The van der Waals surface area contributed by atoms with Gasteiger partial charge >= 0.3 is 0 Å². The van der Waals surface area contributed by atoms with Crippen molar-refractivity contribution in [3.05, 3.63) is 52.5 Å². The highest BCUT2D eigenvalue weighted by atomic mass is 79.9. The number of methoxy groups -OCH3 is 1. The Morgan fingerprint density at radius 3 is 2.55 bits per heavy atom. The molecule has 0 spiro atoms. The number of aromatic hydroxyl groups is 1. The molecule has 0 atom stereocenters. The zero-order chi connectivity index (χ0) is 14.8. The Hall–Kier alpha value is -1.53. The normalized spacial score (nSPS) is 11.3. The van der Waals surface area contributed by atoms with Gasteiger partial charge < -0.3 is 9.84 Å². The second-order valence-corrected chi connectivity index (χ2v) is 7.01. The Morgan fingerprint density at radius 2 is 1.90 bits per heavy atom. The van der Waals surface area contributed by atoms with E-state index in [9.17, 15) is 13.5 Å². The summed E-state index contributed by atoms with van der Waals surface area (Å²) in [7, 11) is -2.11. The summed E-state index contributed by atoms with van der Waals surface area (Å²) in [5.74, 6) is 0.125. The molecule has 6 heteroatoms. The number of benzene rings is 2. The third kappa shape index (κ3) is 3.13. The van der Waals surface area contributed by atoms with Crippen LogP contribution < -0.4 is 4.74 Å². The fraction of sp³-hybridized carbons (Fsp3) is 0.143. The highest BCUT2D eigenvalue weighted by molar-refractivity contribution is 9.10. The van der Waals surface area contributed by atoms with Gasteiger partial charge in [0.1, 0.15) is 16.4 Å². The largest absolute Gasteiger partial charge is 0.507 e. The van der Waals surface area contributed by atoms with E-state index in [0.29, 0.717) is 15.8 Å². The molecule has 106 valence electrons. The van der Waals surface area contributed by atoms with Crippen LogP contribution in [0.1, 0.15) is 5.56 Å². The van der Waals surface area contributed by atoms with Crippen molar-refractivity contribution in [1.82, 2.24) is 0 Å². The average Bonchev–Trinajstić information content (AvgIpc) is 2.42. The summed E-state index contributed by atoms with van der Waals surface area (Å²) in [5.41, 5.74) is 0.511. The molecule has 0 unspecified atom stereocenters. The summed E-state index contributed by atoms with van der Waals surface area (Å²) in [6.45, 7) is 0. The monoisotopic (exact) mass is 356 g/mol. The standard InChI is InChI=1S/C14H13BrO4S/c1-19-13-4-2-3-5-14(13)20(17,18)9-10-6-7-11(15)12(16)8-10/h2-8,16H,9H2,1H3. The van der Waals surface area contributed by atoms with E-state index in [4.69, 9.17) is 4.74 Å². The van der Waals surface area contributed by atoms with E-state index < -0.39 is 9.84 Å². The predicted molar refractivity (Wildman–Crippen MR) is 79.7 cm³/mol. The van der Waals surface area contributed by atoms with Gasteiger partial charge in [0.2, 0.25) is 0 Å². The maximum atomic E-state index is 12.4. The number of ether oxygens (including phenoxy) is 1. The molecular formula is C14H13BrO4S. The van der Waals surface area contributed by atoms with Crippen LogP contribution >= 0.6 is 15.9 Å². The molecule has 1 N–H and O–H groups in total. The molecule has 0 aromatic heterocycles. The summed E-state index contributed by atoms with van der Waals surface area (Å²) < 4.78 is 30.4. The number of sulfone groups is 1. The Bertz CT molecular complexity index is 726. The zero-order valence-electron chi connectivity index (χ0n) is 10.7. The van der Waals surface area contributed by atoms with Crippen molar-refractivity contribution in [3.63, 3.8) is 0 Å². The van der Waals surface area contributed by atoms with Gasteiger partial charge in [0.15, 0.2) is 9.84 Å². The van der Waals surface area contributed by atoms with Crippen LogP contribution in [-0.4, -0.2) is 20.6 Å². The summed E-state index contributed by atoms with van der Waals surface area (Å²) in [5, 5.41) is 9.60. The fourth-order valence-corrected chi connectivity index (χ4v) is 3.59. The number of phenolic OH excluding ortho intramolecular Hbond substituents is 1. The molecule has 0 aliphatic carbocycles. The van der Waals surface area contributed by atoms with Gasteiger partial charge in [0.25, 0.3) is 0 Å². The Kier molecular flexibility index (Phi) is 4.35. The first-order chi connectivity index (χ1) is 9.44. The van der Waals surface area contributed by atoms with E-state index in [0.717, 1.165) is 0 Å². The molecule has 2 rings (SSSR count). The minimum absolute atomic E-state index is 0.0118. The number of phenols is 1. The van der Waals surface area contributed by atoms with Crippen LogP contribution in [0.2, 0.25) is 0 Å². The van der Waals surface area contributed by atoms with Gasteiger partial charge in [-0.05, 0) is 45.8 Å². The Labute approximate surface area is 126 Å². The molecule has 0 aliphatic rings. The van der Waals surface area contributed by atoms with E-state index in [-0.39, 0.29) is 16.4 Å². The topological polar surface area (TPSA) is 63.6 Å². The quantitative estimate of drug-likeness (QED) is 0.913. The lowest BCUT2D eigenvalue weighted by Gasteiger charge is -2.09. The zero-order valence-corrected chi connectivity index (χ0v) is 13.1. The molecule has 0 bridgehead atoms. The smallest absolute Gasteiger partial charge is 0.186 e. The van der Waals surface area contributed by atoms with Gasteiger partial charge in [-0.1, -0.05) is 18.2 Å². The maximum absolute atomic E-state index is 12.4. The van der Waals surface area contributed by atoms with E-state index in [1.165, 1.54) is 19.2 Å². The van der Waals surface area contributed by atoms with Gasteiger partial charge in [-0.25, -0.2) is 8.42 Å². The van der Waals surface area contributed by atoms with E-state index in [1.807, 2.05) is 0 Å². The second kappa shape index (κ2) is 5.85. The molecule has 2 aromatic carbocycles. The van der Waals surface area contributed by atoms with Gasteiger partial charge in [0.05, 0.1) is 17.3 Å². The number of rotatable bonds is 4. The van der Waals surface area contributed by atoms with Gasteiger partial charge in [-0.2, -0.15) is 0 Å². The van der Waals surface area contributed by atoms with Gasteiger partial charge in [0, 0.05) is 0 Å². The first kappa shape index (κ1) is 14.9. The molecule has 0 fully saturated rings. The highest BCUT2D eigenvalue weighted by Gasteiger charge is 2.20. The Morgan fingerprint density at radius 1 is 1.20 bits per heavy atom. The molecule has 4 nitrogen and oxygen atoms in total. The van der Waals surface area contributed by atoms with E-state index in [2.05, 4.69) is 15.9 Å². The van der Waals surface area contributed by atoms with Crippen LogP contribution in [-0.2, 0) is 15.6 Å². The van der Waals surface area contributed by atoms with Gasteiger partial charge in [-0.3, -0.25) is 0 Å². The minimum Gasteiger partial charge on any atom is -0.507 e. The average molecular weight is 357 g/mol. The van der Waals surface area contributed by atoms with Crippen LogP contribution in [0.25, 0.3) is 0 Å². The van der Waals surface area contributed by atoms with Crippen LogP contribution in [0.15, 0.2) is 51.8 Å². The van der Waals surface area contributed by atoms with Crippen molar-refractivity contribution in [3.8, 4) is 11.5 Å². The van der Waals surface area contributed by atoms with Crippen molar-refractivity contribution in [2.24, 2.45) is 0 Å². The van der Waals surface area contributed by atoms with Crippen molar-refractivity contribution in [2.45, 2.75) is 10.6 Å². The lowest BCUT2D eigenvalue weighted by Crippen LogP contribution is -2.06. The SMILES string of the molecule is COc1ccccc1S(=O)(=O)Cc1ccc(Br)c(O)c1. The third-order valence-electron chi connectivity index (χ3n) is 2.77. The molecule has 0 heterocycles. The van der Waals surface area contributed by atoms with Crippen molar-refractivity contribution >= 4 is 25.8 Å². The molecule has 0 amide bonds. The van der Waals surface area contributed by atoms with Crippen LogP contribution in [0, 0.1) is 0 Å². The van der Waals surface area contributed by atoms with Crippen LogP contribution in [0.4, 0.5) is 0 Å². The third-order valence-corrected chi connectivity index (χ3v) is 5.16. The maximum Gasteiger partial charge on any atom is 0.186 e. The molecule has 0 radical (unpaired) electrons. The number of para-hydroxylation sites is 1. The molecule has 0 saturated carbocycles. The predicted octanol–water partition coefficient (Wildman–Crippen LogP) is 3.14. The minimum atomic E-state index is -3.54. The van der Waals surface area contributed by atoms with E-state index in [1.54, 1.807) is 30.3 Å². The summed E-state index contributed by atoms with van der Waals surface area (Å²) in [6.07, 6.45) is 0. The van der Waals surface area contributed by atoms with Crippen LogP contribution in [0.5, 0.6) is 11.5 Å². The number of hydrogen-bond donors (Lipinski definition) is 1. The van der Waals surface area contributed by atoms with Crippen LogP contribution in [0.3, 0.4) is 0 Å². The van der Waals surface area contributed by atoms with Crippen molar-refractivity contribution < 1.29 is 18.3 Å².